The highest BCUT2D eigenvalue weighted by molar-refractivity contribution is 14.1. The van der Waals surface area contributed by atoms with Gasteiger partial charge in [0.2, 0.25) is 0 Å². The fourth-order valence-electron chi connectivity index (χ4n) is 3.37. The highest BCUT2D eigenvalue weighted by Gasteiger charge is 2.42. The van der Waals surface area contributed by atoms with Crippen LogP contribution in [0.5, 0.6) is 5.75 Å². The van der Waals surface area contributed by atoms with Crippen LogP contribution in [0.2, 0.25) is 5.02 Å². The molecule has 1 aliphatic heterocycles. The summed E-state index contributed by atoms with van der Waals surface area (Å²) in [4.78, 5) is 12.9. The molecule has 0 atom stereocenters. The number of carbonyl (C=O) groups is 1. The number of quaternary nitrogens is 1. The molecule has 0 aliphatic carbocycles. The first kappa shape index (κ1) is 22.9. The summed E-state index contributed by atoms with van der Waals surface area (Å²) >= 11 is 9.67. The lowest BCUT2D eigenvalue weighted by molar-refractivity contribution is -0.668. The van der Waals surface area contributed by atoms with Crippen molar-refractivity contribution >= 4 is 62.8 Å². The summed E-state index contributed by atoms with van der Waals surface area (Å²) in [6.45, 7) is 1.18. The number of ether oxygens (including phenoxy) is 1. The van der Waals surface area contributed by atoms with Gasteiger partial charge in [0.1, 0.15) is 16.9 Å². The Morgan fingerprint density at radius 3 is 2.45 bits per heavy atom. The molecule has 0 bridgehead atoms. The third kappa shape index (κ3) is 4.93. The first-order valence-corrected chi connectivity index (χ1v) is 11.2. The Bertz CT molecular complexity index is 947. The number of phenolic OH excluding ortho intramolecular Hbond substituents is 1. The van der Waals surface area contributed by atoms with E-state index in [1.165, 1.54) is 18.2 Å². The Morgan fingerprint density at radius 2 is 1.83 bits per heavy atom. The summed E-state index contributed by atoms with van der Waals surface area (Å²) in [5.74, 6) is -0.982. The number of hydrogen-bond donors (Lipinski definition) is 2. The largest absolute Gasteiger partial charge is 0.506 e. The SMILES string of the molecule is O=C(OC1(c2ccc(Cl)c(C(F)(F)F)c2)CC[NH2+]CC1)c1cc(I)cc(I)c1O. The topological polar surface area (TPSA) is 63.1 Å². The van der Waals surface area contributed by atoms with Crippen molar-refractivity contribution in [2.75, 3.05) is 13.1 Å². The van der Waals surface area contributed by atoms with E-state index in [0.717, 1.165) is 9.64 Å². The predicted molar refractivity (Wildman–Crippen MR) is 118 cm³/mol. The van der Waals surface area contributed by atoms with Crippen LogP contribution in [-0.4, -0.2) is 24.2 Å². The van der Waals surface area contributed by atoms with Gasteiger partial charge < -0.3 is 15.2 Å². The summed E-state index contributed by atoms with van der Waals surface area (Å²) in [6.07, 6.45) is -3.93. The Kier molecular flexibility index (Phi) is 6.91. The fourth-order valence-corrected chi connectivity index (χ4v) is 5.44. The quantitative estimate of drug-likeness (QED) is 0.374. The summed E-state index contributed by atoms with van der Waals surface area (Å²) in [7, 11) is 0. The number of halogens is 6. The number of benzene rings is 2. The van der Waals surface area contributed by atoms with Gasteiger partial charge in [-0.25, -0.2) is 4.79 Å². The molecule has 3 rings (SSSR count). The molecule has 2 aromatic carbocycles. The molecule has 156 valence electrons. The van der Waals surface area contributed by atoms with Crippen molar-refractivity contribution in [1.29, 1.82) is 0 Å². The van der Waals surface area contributed by atoms with Crippen molar-refractivity contribution in [3.63, 3.8) is 0 Å². The second-order valence-corrected chi connectivity index (χ2v) is 9.54. The number of carbonyl (C=O) groups excluding carboxylic acids is 1. The van der Waals surface area contributed by atoms with Gasteiger partial charge in [0.25, 0.3) is 0 Å². The summed E-state index contributed by atoms with van der Waals surface area (Å²) < 4.78 is 47.1. The smallest absolute Gasteiger partial charge is 0.417 e. The molecule has 1 saturated heterocycles. The molecular weight excluding hydrogens is 636 g/mol. The van der Waals surface area contributed by atoms with Gasteiger partial charge in [-0.15, -0.1) is 0 Å². The maximum absolute atomic E-state index is 13.4. The first-order chi connectivity index (χ1) is 13.5. The van der Waals surface area contributed by atoms with Crippen LogP contribution >= 0.6 is 56.8 Å². The second kappa shape index (κ2) is 8.75. The molecule has 4 nitrogen and oxygen atoms in total. The van der Waals surface area contributed by atoms with Crippen molar-refractivity contribution < 1.29 is 33.1 Å². The van der Waals surface area contributed by atoms with Gasteiger partial charge in [-0.05, 0) is 75.0 Å². The minimum absolute atomic E-state index is 0.0137. The number of aromatic hydroxyl groups is 1. The summed E-state index contributed by atoms with van der Waals surface area (Å²) in [5, 5.41) is 11.9. The number of piperidine rings is 1. The normalized spacial score (nSPS) is 16.5. The third-order valence-electron chi connectivity index (χ3n) is 4.84. The van der Waals surface area contributed by atoms with Crippen molar-refractivity contribution in [3.8, 4) is 5.75 Å². The van der Waals surface area contributed by atoms with E-state index in [-0.39, 0.29) is 16.9 Å². The molecule has 0 radical (unpaired) electrons. The molecule has 10 heteroatoms. The number of phenols is 1. The van der Waals surface area contributed by atoms with Gasteiger partial charge >= 0.3 is 12.1 Å². The van der Waals surface area contributed by atoms with Gasteiger partial charge in [0.05, 0.1) is 27.2 Å². The molecule has 0 unspecified atom stereocenters. The molecule has 3 N–H and O–H groups in total. The van der Waals surface area contributed by atoms with Crippen molar-refractivity contribution in [1.82, 2.24) is 0 Å². The van der Waals surface area contributed by atoms with E-state index in [4.69, 9.17) is 16.3 Å². The Hall–Kier alpha value is -0.790. The first-order valence-electron chi connectivity index (χ1n) is 8.64. The van der Waals surface area contributed by atoms with Crippen LogP contribution in [0.25, 0.3) is 0 Å². The molecule has 0 aromatic heterocycles. The average Bonchev–Trinajstić information content (AvgIpc) is 2.64. The van der Waals surface area contributed by atoms with Gasteiger partial charge in [-0.1, -0.05) is 17.7 Å². The Balaban J connectivity index is 2.04. The lowest BCUT2D eigenvalue weighted by Gasteiger charge is -2.36. The maximum Gasteiger partial charge on any atom is 0.417 e. The fraction of sp³-hybridized carbons (Fsp3) is 0.316. The van der Waals surface area contributed by atoms with Crippen LogP contribution < -0.4 is 5.32 Å². The number of nitrogens with two attached hydrogens (primary N) is 1. The molecule has 1 aliphatic rings. The van der Waals surface area contributed by atoms with E-state index < -0.39 is 28.3 Å². The molecule has 0 amide bonds. The highest BCUT2D eigenvalue weighted by Crippen LogP contribution is 2.41. The van der Waals surface area contributed by atoms with Crippen LogP contribution in [0.3, 0.4) is 0 Å². The van der Waals surface area contributed by atoms with Gasteiger partial charge in [-0.3, -0.25) is 0 Å². The summed E-state index contributed by atoms with van der Waals surface area (Å²) in [5.41, 5.74) is -1.96. The number of rotatable bonds is 3. The van der Waals surface area contributed by atoms with E-state index in [1.54, 1.807) is 6.07 Å². The zero-order valence-electron chi connectivity index (χ0n) is 14.8. The average molecular weight is 653 g/mol. The van der Waals surface area contributed by atoms with E-state index >= 15 is 0 Å². The highest BCUT2D eigenvalue weighted by atomic mass is 127. The lowest BCUT2D eigenvalue weighted by Crippen LogP contribution is -2.87. The maximum atomic E-state index is 13.4. The minimum Gasteiger partial charge on any atom is -0.506 e. The van der Waals surface area contributed by atoms with Crippen LogP contribution in [0, 0.1) is 7.14 Å². The monoisotopic (exact) mass is 652 g/mol. The molecule has 1 fully saturated rings. The lowest BCUT2D eigenvalue weighted by atomic mass is 9.84. The predicted octanol–water partition coefficient (Wildman–Crippen LogP) is 4.68. The Labute approximate surface area is 197 Å². The molecule has 1 heterocycles. The molecule has 0 spiro atoms. The molecule has 2 aromatic rings. The van der Waals surface area contributed by atoms with E-state index in [0.29, 0.717) is 29.5 Å². The van der Waals surface area contributed by atoms with Crippen LogP contribution in [0.1, 0.15) is 34.3 Å². The van der Waals surface area contributed by atoms with Crippen LogP contribution in [-0.2, 0) is 16.5 Å². The van der Waals surface area contributed by atoms with E-state index in [9.17, 15) is 23.1 Å². The zero-order valence-corrected chi connectivity index (χ0v) is 19.9. The van der Waals surface area contributed by atoms with E-state index in [2.05, 4.69) is 0 Å². The molecule has 29 heavy (non-hydrogen) atoms. The van der Waals surface area contributed by atoms with Crippen molar-refractivity contribution in [3.05, 3.63) is 59.2 Å². The van der Waals surface area contributed by atoms with E-state index in [1.807, 2.05) is 50.5 Å². The van der Waals surface area contributed by atoms with Crippen molar-refractivity contribution in [2.45, 2.75) is 24.6 Å². The summed E-state index contributed by atoms with van der Waals surface area (Å²) in [6, 6.07) is 6.80. The van der Waals surface area contributed by atoms with Gasteiger partial charge in [-0.2, -0.15) is 13.2 Å². The second-order valence-electron chi connectivity index (χ2n) is 6.73. The van der Waals surface area contributed by atoms with Crippen LogP contribution in [0.4, 0.5) is 13.2 Å². The number of hydrogen-bond acceptors (Lipinski definition) is 3. The number of alkyl halides is 3. The van der Waals surface area contributed by atoms with Crippen molar-refractivity contribution in [2.24, 2.45) is 0 Å². The van der Waals surface area contributed by atoms with Gasteiger partial charge in [0.15, 0.2) is 0 Å². The molecular formula is C19H16ClF3I2NO3+. The Morgan fingerprint density at radius 1 is 1.17 bits per heavy atom. The van der Waals surface area contributed by atoms with Gasteiger partial charge in [0, 0.05) is 16.4 Å². The minimum atomic E-state index is -4.62. The standard InChI is InChI=1S/C19H15ClF3I2NO3/c20-14-2-1-10(7-13(14)19(21,22)23)18(3-5-26-6-4-18)29-17(28)12-8-11(24)9-15(25)16(12)27/h1-2,7-9,26-27H,3-6H2/p+1. The number of esters is 1. The third-order valence-corrected chi connectivity index (χ3v) is 6.61. The zero-order chi connectivity index (χ0) is 21.4. The molecule has 0 saturated carbocycles. The van der Waals surface area contributed by atoms with Crippen LogP contribution in [0.15, 0.2) is 30.3 Å².